The van der Waals surface area contributed by atoms with Crippen molar-refractivity contribution in [2.24, 2.45) is 5.92 Å². The highest BCUT2D eigenvalue weighted by molar-refractivity contribution is 5.88. The smallest absolute Gasteiger partial charge is 0.354 e. The molecule has 0 radical (unpaired) electrons. The van der Waals surface area contributed by atoms with E-state index in [1.807, 2.05) is 16.7 Å². The number of carboxylic acids is 1. The predicted molar refractivity (Wildman–Crippen MR) is 145 cm³/mol. The Morgan fingerprint density at radius 3 is 2.78 bits per heavy atom. The standard InChI is InChI=1S/C30H27FN6O4/c31-23-13-19(15-32)3-6-21(23)17-41-30-33-11-9-24(36-30)20-4-1-18(2-5-20)14-27-34-25-7-8-26(29(38)39)35-28(25)37(27)16-22-10-12-40-22/h3-4,6-9,11,13,18,22H,1-2,5,10,12,14,16-17H2,(H,38,39)/t18?,22-/m0/s1. The molecule has 1 N–H and O–H groups in total. The van der Waals surface area contributed by atoms with Gasteiger partial charge in [0.15, 0.2) is 11.3 Å². The van der Waals surface area contributed by atoms with Crippen LogP contribution >= 0.6 is 0 Å². The van der Waals surface area contributed by atoms with E-state index >= 15 is 0 Å². The van der Waals surface area contributed by atoms with Crippen LogP contribution < -0.4 is 4.74 Å². The number of benzene rings is 1. The van der Waals surface area contributed by atoms with Crippen molar-refractivity contribution in [3.8, 4) is 12.1 Å². The molecule has 1 aromatic carbocycles. The van der Waals surface area contributed by atoms with Gasteiger partial charge in [-0.15, -0.1) is 0 Å². The maximum atomic E-state index is 14.2. The lowest BCUT2D eigenvalue weighted by Gasteiger charge is -2.28. The zero-order valence-corrected chi connectivity index (χ0v) is 22.2. The molecule has 0 spiro atoms. The molecule has 0 amide bonds. The molecule has 11 heteroatoms. The molecule has 4 aromatic rings. The van der Waals surface area contributed by atoms with Crippen LogP contribution in [-0.2, 0) is 24.3 Å². The lowest BCUT2D eigenvalue weighted by molar-refractivity contribution is -0.0591. The summed E-state index contributed by atoms with van der Waals surface area (Å²) in [6.07, 6.45) is 8.18. The molecule has 1 saturated heterocycles. The highest BCUT2D eigenvalue weighted by Gasteiger charge is 2.25. The minimum Gasteiger partial charge on any atom is -0.477 e. The number of ether oxygens (including phenoxy) is 2. The van der Waals surface area contributed by atoms with Crippen LogP contribution in [0.4, 0.5) is 4.39 Å². The van der Waals surface area contributed by atoms with Gasteiger partial charge in [0, 0.05) is 24.8 Å². The number of aromatic nitrogens is 5. The van der Waals surface area contributed by atoms with Gasteiger partial charge >= 0.3 is 12.0 Å². The van der Waals surface area contributed by atoms with Crippen molar-refractivity contribution in [1.29, 1.82) is 5.26 Å². The largest absolute Gasteiger partial charge is 0.477 e. The van der Waals surface area contributed by atoms with Gasteiger partial charge < -0.3 is 19.1 Å². The van der Waals surface area contributed by atoms with Gasteiger partial charge in [0.05, 0.1) is 30.0 Å². The fourth-order valence-electron chi connectivity index (χ4n) is 5.18. The van der Waals surface area contributed by atoms with Crippen LogP contribution in [0.2, 0.25) is 0 Å². The molecule has 208 valence electrons. The number of carbonyl (C=O) groups is 1. The summed E-state index contributed by atoms with van der Waals surface area (Å²) in [6, 6.07) is 11.4. The monoisotopic (exact) mass is 554 g/mol. The minimum atomic E-state index is -1.06. The van der Waals surface area contributed by atoms with Gasteiger partial charge in [-0.1, -0.05) is 12.1 Å². The highest BCUT2D eigenvalue weighted by atomic mass is 19.1. The van der Waals surface area contributed by atoms with Gasteiger partial charge in [0.25, 0.3) is 0 Å². The molecule has 10 nitrogen and oxygen atoms in total. The van der Waals surface area contributed by atoms with E-state index in [1.165, 1.54) is 18.2 Å². The number of nitrogens with zero attached hydrogens (tertiary/aromatic N) is 6. The fraction of sp³-hybridized carbons (Fsp3) is 0.333. The maximum Gasteiger partial charge on any atom is 0.354 e. The first-order valence-corrected chi connectivity index (χ1v) is 13.5. The molecular formula is C30H27FN6O4. The Labute approximate surface area is 235 Å². The topological polar surface area (TPSA) is 136 Å². The van der Waals surface area contributed by atoms with Crippen molar-refractivity contribution in [2.45, 2.75) is 51.4 Å². The van der Waals surface area contributed by atoms with Crippen molar-refractivity contribution in [3.05, 3.63) is 82.8 Å². The van der Waals surface area contributed by atoms with Gasteiger partial charge in [-0.2, -0.15) is 10.2 Å². The third-order valence-corrected chi connectivity index (χ3v) is 7.56. The fourth-order valence-corrected chi connectivity index (χ4v) is 5.18. The molecule has 4 heterocycles. The predicted octanol–water partition coefficient (Wildman–Crippen LogP) is 4.72. The molecule has 0 bridgehead atoms. The SMILES string of the molecule is N#Cc1ccc(COc2nccc(C3=CCC(Cc4nc5ccc(C(=O)O)nc5n4C[C@@H]4CCO4)CC3)n2)c(F)c1. The summed E-state index contributed by atoms with van der Waals surface area (Å²) < 4.78 is 27.5. The molecule has 1 fully saturated rings. The van der Waals surface area contributed by atoms with E-state index in [9.17, 15) is 14.3 Å². The Hall–Kier alpha value is -4.69. The molecule has 41 heavy (non-hydrogen) atoms. The lowest BCUT2D eigenvalue weighted by atomic mass is 9.86. The van der Waals surface area contributed by atoms with Crippen molar-refractivity contribution >= 4 is 22.7 Å². The summed E-state index contributed by atoms with van der Waals surface area (Å²) in [6.45, 7) is 1.29. The summed E-state index contributed by atoms with van der Waals surface area (Å²) in [7, 11) is 0. The van der Waals surface area contributed by atoms with Crippen molar-refractivity contribution in [1.82, 2.24) is 24.5 Å². The maximum absolute atomic E-state index is 14.2. The van der Waals surface area contributed by atoms with Crippen LogP contribution in [0.25, 0.3) is 16.7 Å². The van der Waals surface area contributed by atoms with Crippen LogP contribution in [-0.4, -0.2) is 48.3 Å². The Morgan fingerprint density at radius 2 is 2.07 bits per heavy atom. The average molecular weight is 555 g/mol. The molecule has 6 rings (SSSR count). The first-order chi connectivity index (χ1) is 20.0. The number of hydrogen-bond acceptors (Lipinski definition) is 8. The van der Waals surface area contributed by atoms with Gasteiger partial charge in [-0.05, 0) is 67.5 Å². The van der Waals surface area contributed by atoms with Gasteiger partial charge in [-0.3, -0.25) is 0 Å². The summed E-state index contributed by atoms with van der Waals surface area (Å²) >= 11 is 0. The van der Waals surface area contributed by atoms with Crippen LogP contribution in [0, 0.1) is 23.1 Å². The second-order valence-corrected chi connectivity index (χ2v) is 10.3. The first-order valence-electron chi connectivity index (χ1n) is 13.5. The number of hydrogen-bond donors (Lipinski definition) is 1. The summed E-state index contributed by atoms with van der Waals surface area (Å²) in [5.41, 5.74) is 3.71. The number of carboxylic acid groups (broad SMARTS) is 1. The second-order valence-electron chi connectivity index (χ2n) is 10.3. The van der Waals surface area contributed by atoms with Crippen molar-refractivity contribution in [2.75, 3.05) is 6.61 Å². The van der Waals surface area contributed by atoms with Crippen LogP contribution in [0.1, 0.15) is 58.8 Å². The van der Waals surface area contributed by atoms with Crippen molar-refractivity contribution < 1.29 is 23.8 Å². The number of aromatic carboxylic acids is 1. The number of halogens is 1. The van der Waals surface area contributed by atoms with E-state index in [0.717, 1.165) is 55.8 Å². The Bertz CT molecular complexity index is 1690. The summed E-state index contributed by atoms with van der Waals surface area (Å²) in [5, 5.41) is 18.3. The average Bonchev–Trinajstić information content (AvgIpc) is 3.30. The molecule has 2 atom stereocenters. The summed E-state index contributed by atoms with van der Waals surface area (Å²) in [5.74, 6) is -0.327. The Morgan fingerprint density at radius 1 is 1.20 bits per heavy atom. The molecule has 1 unspecified atom stereocenters. The van der Waals surface area contributed by atoms with Crippen LogP contribution in [0.5, 0.6) is 6.01 Å². The molecule has 2 aliphatic rings. The van der Waals surface area contributed by atoms with E-state index in [2.05, 4.69) is 21.0 Å². The molecular weight excluding hydrogens is 527 g/mol. The zero-order chi connectivity index (χ0) is 28.3. The van der Waals surface area contributed by atoms with Gasteiger partial charge in [0.1, 0.15) is 23.8 Å². The normalized spacial score (nSPS) is 18.4. The number of rotatable bonds is 9. The van der Waals surface area contributed by atoms with E-state index in [4.69, 9.17) is 19.7 Å². The lowest BCUT2D eigenvalue weighted by Crippen LogP contribution is -2.32. The van der Waals surface area contributed by atoms with Crippen LogP contribution in [0.15, 0.2) is 48.7 Å². The summed E-state index contributed by atoms with van der Waals surface area (Å²) in [4.78, 5) is 29.4. The minimum absolute atomic E-state index is 0.000192. The van der Waals surface area contributed by atoms with E-state index in [1.54, 1.807) is 18.3 Å². The van der Waals surface area contributed by atoms with Gasteiger partial charge in [-0.25, -0.2) is 24.1 Å². The number of allylic oxidation sites excluding steroid dienone is 2. The quantitative estimate of drug-likeness (QED) is 0.311. The molecule has 3 aromatic heterocycles. The Kier molecular flexibility index (Phi) is 7.39. The molecule has 0 saturated carbocycles. The van der Waals surface area contributed by atoms with Crippen molar-refractivity contribution in [3.63, 3.8) is 0 Å². The third-order valence-electron chi connectivity index (χ3n) is 7.56. The number of pyridine rings is 1. The number of imidazole rings is 1. The second kappa shape index (κ2) is 11.4. The van der Waals surface area contributed by atoms with E-state index < -0.39 is 11.8 Å². The molecule has 1 aliphatic carbocycles. The first kappa shape index (κ1) is 26.5. The van der Waals surface area contributed by atoms with E-state index in [-0.39, 0.29) is 30.0 Å². The Balaban J connectivity index is 1.14. The highest BCUT2D eigenvalue weighted by Crippen LogP contribution is 2.32. The van der Waals surface area contributed by atoms with Crippen LogP contribution in [0.3, 0.4) is 0 Å². The third kappa shape index (κ3) is 5.78. The number of fused-ring (bicyclic) bond motifs is 1. The molecule has 1 aliphatic heterocycles. The number of nitriles is 1. The van der Waals surface area contributed by atoms with E-state index in [0.29, 0.717) is 29.2 Å². The van der Waals surface area contributed by atoms with Gasteiger partial charge in [0.2, 0.25) is 0 Å². The zero-order valence-electron chi connectivity index (χ0n) is 22.2.